The molecule has 0 aromatic carbocycles. The van der Waals surface area contributed by atoms with Gasteiger partial charge in [0.25, 0.3) is 0 Å². The molecule has 0 aliphatic heterocycles. The van der Waals surface area contributed by atoms with Gasteiger partial charge in [0, 0.05) is 5.57 Å². The van der Waals surface area contributed by atoms with Crippen molar-refractivity contribution in [2.75, 3.05) is 0 Å². The van der Waals surface area contributed by atoms with Crippen LogP contribution in [-0.2, 0) is 4.79 Å². The third-order valence-electron chi connectivity index (χ3n) is 1.06. The molecule has 0 spiro atoms. The van der Waals surface area contributed by atoms with Crippen molar-refractivity contribution in [2.45, 2.75) is 26.4 Å². The third kappa shape index (κ3) is 3.03. The van der Waals surface area contributed by atoms with E-state index in [1.165, 1.54) is 0 Å². The number of hydrogen-bond donors (Lipinski definition) is 1. The minimum absolute atomic E-state index is 0.470. The molecule has 52 valence electrons. The van der Waals surface area contributed by atoms with E-state index in [2.05, 4.69) is 0 Å². The highest BCUT2D eigenvalue weighted by molar-refractivity contribution is 5.74. The number of aliphatic hydroxyl groups excluding tert-OH is 1. The van der Waals surface area contributed by atoms with Crippen LogP contribution in [0.25, 0.3) is 0 Å². The van der Waals surface area contributed by atoms with Gasteiger partial charge < -0.3 is 5.11 Å². The lowest BCUT2D eigenvalue weighted by Gasteiger charge is -1.99. The van der Waals surface area contributed by atoms with Crippen LogP contribution < -0.4 is 0 Å². The van der Waals surface area contributed by atoms with Crippen molar-refractivity contribution in [1.29, 1.82) is 0 Å². The molecule has 2 heteroatoms. The molecule has 0 bridgehead atoms. The third-order valence-corrected chi connectivity index (χ3v) is 1.06. The highest BCUT2D eigenvalue weighted by Crippen LogP contribution is 1.98. The van der Waals surface area contributed by atoms with Gasteiger partial charge in [-0.15, -0.1) is 0 Å². The van der Waals surface area contributed by atoms with Crippen LogP contribution in [0.4, 0.5) is 0 Å². The maximum Gasteiger partial charge on any atom is 0.148 e. The average molecular weight is 128 g/mol. The number of hydrogen-bond acceptors (Lipinski definition) is 2. The second-order valence-corrected chi connectivity index (χ2v) is 1.91. The van der Waals surface area contributed by atoms with Gasteiger partial charge in [0.2, 0.25) is 0 Å². The fourth-order valence-electron chi connectivity index (χ4n) is 0.553. The molecular formula is C7H12O2. The second-order valence-electron chi connectivity index (χ2n) is 1.91. The predicted octanol–water partition coefficient (Wildman–Crippen LogP) is 0.903. The van der Waals surface area contributed by atoms with E-state index in [-0.39, 0.29) is 0 Å². The Balaban J connectivity index is 3.97. The lowest BCUT2D eigenvalue weighted by atomic mass is 10.1. The normalized spacial score (nSPS) is 15.2. The molecule has 2 nitrogen and oxygen atoms in total. The Bertz CT molecular complexity index is 114. The standard InChI is InChI=1S/C7H12O2/c1-3-4-7(5-8)6(2)9/h4-6,9H,3H2,1-2H3. The topological polar surface area (TPSA) is 37.3 Å². The zero-order chi connectivity index (χ0) is 7.28. The van der Waals surface area contributed by atoms with Crippen LogP contribution in [0.1, 0.15) is 20.3 Å². The van der Waals surface area contributed by atoms with Crippen LogP contribution in [0.15, 0.2) is 11.6 Å². The van der Waals surface area contributed by atoms with Gasteiger partial charge in [-0.1, -0.05) is 13.0 Å². The van der Waals surface area contributed by atoms with Crippen LogP contribution in [0.3, 0.4) is 0 Å². The summed E-state index contributed by atoms with van der Waals surface area (Å²) in [6, 6.07) is 0. The molecule has 0 aromatic heterocycles. The first kappa shape index (κ1) is 8.37. The Morgan fingerprint density at radius 3 is 2.44 bits per heavy atom. The lowest BCUT2D eigenvalue weighted by Crippen LogP contribution is -2.04. The van der Waals surface area contributed by atoms with Crippen LogP contribution >= 0.6 is 0 Å². The molecule has 0 aromatic rings. The summed E-state index contributed by atoms with van der Waals surface area (Å²) in [5.41, 5.74) is 0.470. The summed E-state index contributed by atoms with van der Waals surface area (Å²) in [4.78, 5) is 10.1. The van der Waals surface area contributed by atoms with Crippen molar-refractivity contribution >= 4 is 6.29 Å². The molecule has 0 saturated carbocycles. The summed E-state index contributed by atoms with van der Waals surface area (Å²) in [6.45, 7) is 3.50. The summed E-state index contributed by atoms with van der Waals surface area (Å²) in [5.74, 6) is 0. The molecule has 1 atom stereocenters. The first-order valence-corrected chi connectivity index (χ1v) is 3.05. The van der Waals surface area contributed by atoms with Crippen LogP contribution in [0, 0.1) is 0 Å². The van der Waals surface area contributed by atoms with E-state index in [0.29, 0.717) is 11.9 Å². The molecule has 0 fully saturated rings. The quantitative estimate of drug-likeness (QED) is 0.453. The average Bonchev–Trinajstić information content (AvgIpc) is 1.82. The summed E-state index contributed by atoms with van der Waals surface area (Å²) in [6.07, 6.45) is 2.58. The number of aliphatic hydroxyl groups is 1. The molecule has 1 N–H and O–H groups in total. The van der Waals surface area contributed by atoms with Crippen LogP contribution in [-0.4, -0.2) is 17.5 Å². The van der Waals surface area contributed by atoms with Crippen molar-refractivity contribution in [1.82, 2.24) is 0 Å². The molecule has 0 radical (unpaired) electrons. The van der Waals surface area contributed by atoms with Crippen LogP contribution in [0.2, 0.25) is 0 Å². The summed E-state index contributed by atoms with van der Waals surface area (Å²) in [7, 11) is 0. The van der Waals surface area contributed by atoms with Gasteiger partial charge in [0.05, 0.1) is 6.10 Å². The number of allylic oxidation sites excluding steroid dienone is 1. The smallest absolute Gasteiger partial charge is 0.148 e. The first-order valence-electron chi connectivity index (χ1n) is 3.05. The van der Waals surface area contributed by atoms with E-state index in [1.54, 1.807) is 13.0 Å². The Morgan fingerprint density at radius 2 is 2.33 bits per heavy atom. The fraction of sp³-hybridized carbons (Fsp3) is 0.571. The minimum atomic E-state index is -0.623. The largest absolute Gasteiger partial charge is 0.389 e. The van der Waals surface area contributed by atoms with E-state index >= 15 is 0 Å². The van der Waals surface area contributed by atoms with E-state index in [4.69, 9.17) is 5.11 Å². The minimum Gasteiger partial charge on any atom is -0.389 e. The lowest BCUT2D eigenvalue weighted by molar-refractivity contribution is -0.105. The molecule has 0 aliphatic carbocycles. The van der Waals surface area contributed by atoms with E-state index in [1.807, 2.05) is 6.92 Å². The number of carbonyl (C=O) groups excluding carboxylic acids is 1. The highest BCUT2D eigenvalue weighted by Gasteiger charge is 1.99. The van der Waals surface area contributed by atoms with E-state index in [0.717, 1.165) is 6.42 Å². The maximum absolute atomic E-state index is 10.1. The second kappa shape index (κ2) is 4.27. The molecule has 1 unspecified atom stereocenters. The summed E-state index contributed by atoms with van der Waals surface area (Å²) < 4.78 is 0. The van der Waals surface area contributed by atoms with Gasteiger partial charge >= 0.3 is 0 Å². The molecule has 0 rings (SSSR count). The summed E-state index contributed by atoms with van der Waals surface area (Å²) in [5, 5.41) is 8.84. The van der Waals surface area contributed by atoms with Crippen molar-refractivity contribution in [3.8, 4) is 0 Å². The number of rotatable bonds is 3. The Morgan fingerprint density at radius 1 is 1.78 bits per heavy atom. The van der Waals surface area contributed by atoms with Crippen molar-refractivity contribution in [3.05, 3.63) is 11.6 Å². The highest BCUT2D eigenvalue weighted by atomic mass is 16.3. The maximum atomic E-state index is 10.1. The Labute approximate surface area is 55.2 Å². The van der Waals surface area contributed by atoms with Gasteiger partial charge in [-0.25, -0.2) is 0 Å². The molecule has 0 heterocycles. The number of carbonyl (C=O) groups is 1. The fourth-order valence-corrected chi connectivity index (χ4v) is 0.553. The number of aldehydes is 1. The molecular weight excluding hydrogens is 116 g/mol. The van der Waals surface area contributed by atoms with Gasteiger partial charge in [-0.2, -0.15) is 0 Å². The zero-order valence-electron chi connectivity index (χ0n) is 5.79. The van der Waals surface area contributed by atoms with Crippen molar-refractivity contribution < 1.29 is 9.90 Å². The SMILES string of the molecule is CCC=C(C=O)C(C)O. The predicted molar refractivity (Wildman–Crippen MR) is 36.1 cm³/mol. The monoisotopic (exact) mass is 128 g/mol. The van der Waals surface area contributed by atoms with E-state index < -0.39 is 6.10 Å². The van der Waals surface area contributed by atoms with Crippen LogP contribution in [0.5, 0.6) is 0 Å². The Kier molecular flexibility index (Phi) is 3.97. The van der Waals surface area contributed by atoms with E-state index in [9.17, 15) is 4.79 Å². The first-order chi connectivity index (χ1) is 4.22. The zero-order valence-corrected chi connectivity index (χ0v) is 5.79. The molecule has 0 saturated heterocycles. The molecule has 0 amide bonds. The molecule has 0 aliphatic rings. The van der Waals surface area contributed by atoms with Crippen molar-refractivity contribution in [3.63, 3.8) is 0 Å². The van der Waals surface area contributed by atoms with Gasteiger partial charge in [0.1, 0.15) is 6.29 Å². The summed E-state index contributed by atoms with van der Waals surface area (Å²) >= 11 is 0. The van der Waals surface area contributed by atoms with Gasteiger partial charge in [-0.3, -0.25) is 4.79 Å². The molecule has 9 heavy (non-hydrogen) atoms. The Hall–Kier alpha value is -0.630. The van der Waals surface area contributed by atoms with Gasteiger partial charge in [-0.05, 0) is 13.3 Å². The van der Waals surface area contributed by atoms with Crippen molar-refractivity contribution in [2.24, 2.45) is 0 Å². The van der Waals surface area contributed by atoms with Gasteiger partial charge in [0.15, 0.2) is 0 Å².